The van der Waals surface area contributed by atoms with Crippen LogP contribution in [0.15, 0.2) is 52.1 Å². The number of ketones is 1. The Morgan fingerprint density at radius 1 is 1.20 bits per heavy atom. The Morgan fingerprint density at radius 2 is 1.96 bits per heavy atom. The molecule has 0 amide bonds. The highest BCUT2D eigenvalue weighted by molar-refractivity contribution is 9.10. The molecule has 0 saturated carbocycles. The third kappa shape index (κ3) is 4.70. The molecule has 3 rings (SSSR count). The molecule has 0 saturated heterocycles. The Kier molecular flexibility index (Phi) is 5.55. The van der Waals surface area contributed by atoms with Gasteiger partial charge >= 0.3 is 5.97 Å². The van der Waals surface area contributed by atoms with Crippen molar-refractivity contribution in [3.8, 4) is 0 Å². The van der Waals surface area contributed by atoms with Crippen LogP contribution in [0.5, 0.6) is 0 Å². The van der Waals surface area contributed by atoms with Gasteiger partial charge in [0.1, 0.15) is 0 Å². The second-order valence-electron chi connectivity index (χ2n) is 5.44. The van der Waals surface area contributed by atoms with Gasteiger partial charge in [-0.3, -0.25) is 9.59 Å². The van der Waals surface area contributed by atoms with E-state index in [2.05, 4.69) is 25.9 Å². The first-order chi connectivity index (χ1) is 12.0. The zero-order valence-corrected chi connectivity index (χ0v) is 15.8. The van der Waals surface area contributed by atoms with E-state index in [1.54, 1.807) is 24.3 Å². The zero-order valence-electron chi connectivity index (χ0n) is 13.4. The van der Waals surface area contributed by atoms with Crippen LogP contribution in [0.3, 0.4) is 0 Å². The minimum atomic E-state index is -0.452. The molecule has 0 spiro atoms. The van der Waals surface area contributed by atoms with Crippen LogP contribution >= 0.6 is 27.7 Å². The largest absolute Gasteiger partial charge is 0.457 e. The number of rotatable bonds is 6. The molecule has 3 aromatic rings. The molecule has 1 heterocycles. The molecule has 0 aliphatic rings. The van der Waals surface area contributed by atoms with Gasteiger partial charge in [0.25, 0.3) is 0 Å². The molecule has 0 radical (unpaired) electrons. The summed E-state index contributed by atoms with van der Waals surface area (Å²) in [7, 11) is 0. The first-order valence-electron chi connectivity index (χ1n) is 7.55. The molecule has 0 bridgehead atoms. The Balaban J connectivity index is 1.50. The topological polar surface area (TPSA) is 72.0 Å². The normalized spacial score (nSPS) is 10.8. The Morgan fingerprint density at radius 3 is 2.72 bits per heavy atom. The third-order valence-corrected chi connectivity index (χ3v) is 4.85. The van der Waals surface area contributed by atoms with Crippen LogP contribution in [0.1, 0.15) is 15.9 Å². The third-order valence-electron chi connectivity index (χ3n) is 3.47. The van der Waals surface area contributed by atoms with Crippen molar-refractivity contribution >= 4 is 50.5 Å². The van der Waals surface area contributed by atoms with E-state index in [9.17, 15) is 9.59 Å². The van der Waals surface area contributed by atoms with Crippen LogP contribution in [0, 0.1) is 6.92 Å². The van der Waals surface area contributed by atoms with E-state index in [1.165, 1.54) is 11.8 Å². The lowest BCUT2D eigenvalue weighted by Gasteiger charge is -2.04. The first kappa shape index (κ1) is 17.7. The van der Waals surface area contributed by atoms with E-state index >= 15 is 0 Å². The van der Waals surface area contributed by atoms with E-state index in [0.29, 0.717) is 10.7 Å². The highest BCUT2D eigenvalue weighted by Crippen LogP contribution is 2.20. The minimum Gasteiger partial charge on any atom is -0.457 e. The highest BCUT2D eigenvalue weighted by Gasteiger charge is 2.12. The zero-order chi connectivity index (χ0) is 17.8. The number of esters is 1. The average Bonchev–Trinajstić information content (AvgIpc) is 3.00. The lowest BCUT2D eigenvalue weighted by atomic mass is 10.1. The van der Waals surface area contributed by atoms with E-state index in [0.717, 1.165) is 21.1 Å². The van der Waals surface area contributed by atoms with E-state index < -0.39 is 5.97 Å². The van der Waals surface area contributed by atoms with Crippen LogP contribution in [-0.4, -0.2) is 34.1 Å². The summed E-state index contributed by atoms with van der Waals surface area (Å²) in [4.78, 5) is 31.4. The number of thioether (sulfide) groups is 1. The number of imidazole rings is 1. The van der Waals surface area contributed by atoms with Crippen LogP contribution in [0.25, 0.3) is 11.0 Å². The van der Waals surface area contributed by atoms with Crippen molar-refractivity contribution in [3.05, 3.63) is 58.1 Å². The van der Waals surface area contributed by atoms with Gasteiger partial charge in [-0.15, -0.1) is 0 Å². The van der Waals surface area contributed by atoms with Gasteiger partial charge in [-0.2, -0.15) is 0 Å². The second kappa shape index (κ2) is 7.84. The summed E-state index contributed by atoms with van der Waals surface area (Å²) >= 11 is 4.56. The maximum absolute atomic E-state index is 12.0. The smallest absolute Gasteiger partial charge is 0.316 e. The van der Waals surface area contributed by atoms with Crippen molar-refractivity contribution in [3.63, 3.8) is 0 Å². The van der Waals surface area contributed by atoms with Crippen LogP contribution in [-0.2, 0) is 9.53 Å². The Labute approximate surface area is 157 Å². The Hall–Kier alpha value is -2.12. The van der Waals surface area contributed by atoms with Gasteiger partial charge in [0.2, 0.25) is 0 Å². The monoisotopic (exact) mass is 418 g/mol. The lowest BCUT2D eigenvalue weighted by molar-refractivity contribution is -0.139. The number of aromatic amines is 1. The molecule has 7 heteroatoms. The number of nitrogens with zero attached hydrogens (tertiary/aromatic N) is 1. The van der Waals surface area contributed by atoms with Crippen molar-refractivity contribution in [1.82, 2.24) is 9.97 Å². The number of H-pyrrole nitrogens is 1. The number of benzene rings is 2. The maximum Gasteiger partial charge on any atom is 0.316 e. The first-order valence-corrected chi connectivity index (χ1v) is 9.33. The fourth-order valence-corrected chi connectivity index (χ4v) is 3.15. The number of ether oxygens (including phenoxy) is 1. The minimum absolute atomic E-state index is 0.0897. The number of carbonyl (C=O) groups excluding carboxylic acids is 2. The average molecular weight is 419 g/mol. The summed E-state index contributed by atoms with van der Waals surface area (Å²) in [6, 6.07) is 12.8. The second-order valence-corrected chi connectivity index (χ2v) is 7.32. The van der Waals surface area contributed by atoms with Crippen LogP contribution in [0.4, 0.5) is 0 Å². The van der Waals surface area contributed by atoms with Crippen molar-refractivity contribution < 1.29 is 14.3 Å². The standard InChI is InChI=1S/C18H15BrN2O3S/c1-11-2-7-14-15(8-11)21-18(20-14)25-10-17(23)24-9-16(22)12-3-5-13(19)6-4-12/h2-8H,9-10H2,1H3,(H,20,21). The fourth-order valence-electron chi connectivity index (χ4n) is 2.20. The molecular weight excluding hydrogens is 404 g/mol. The number of fused-ring (bicyclic) bond motifs is 1. The molecule has 1 N–H and O–H groups in total. The molecule has 2 aromatic carbocycles. The van der Waals surface area contributed by atoms with Crippen LogP contribution < -0.4 is 0 Å². The number of halogens is 1. The van der Waals surface area contributed by atoms with Crippen molar-refractivity contribution in [2.45, 2.75) is 12.1 Å². The van der Waals surface area contributed by atoms with Gasteiger partial charge in [-0.1, -0.05) is 45.9 Å². The van der Waals surface area contributed by atoms with Crippen LogP contribution in [0.2, 0.25) is 0 Å². The predicted octanol–water partition coefficient (Wildman–Crippen LogP) is 4.15. The summed E-state index contributed by atoms with van der Waals surface area (Å²) in [6.45, 7) is 1.74. The number of hydrogen-bond acceptors (Lipinski definition) is 5. The number of carbonyl (C=O) groups is 2. The lowest BCUT2D eigenvalue weighted by Crippen LogP contribution is -2.15. The molecule has 0 fully saturated rings. The summed E-state index contributed by atoms with van der Waals surface area (Å²) in [5, 5.41) is 0.650. The summed E-state index contributed by atoms with van der Waals surface area (Å²) in [5.41, 5.74) is 3.43. The van der Waals surface area contributed by atoms with Gasteiger partial charge in [0.05, 0.1) is 16.8 Å². The van der Waals surface area contributed by atoms with E-state index in [1.807, 2.05) is 25.1 Å². The Bertz CT molecular complexity index is 922. The summed E-state index contributed by atoms with van der Waals surface area (Å²) in [5.74, 6) is -0.593. The van der Waals surface area contributed by atoms with Crippen molar-refractivity contribution in [2.24, 2.45) is 0 Å². The van der Waals surface area contributed by atoms with Gasteiger partial charge < -0.3 is 9.72 Å². The number of aromatic nitrogens is 2. The quantitative estimate of drug-likeness (QED) is 0.369. The SMILES string of the molecule is Cc1ccc2nc(SCC(=O)OCC(=O)c3ccc(Br)cc3)[nH]c2c1. The fraction of sp³-hybridized carbons (Fsp3) is 0.167. The molecule has 25 heavy (non-hydrogen) atoms. The maximum atomic E-state index is 12.0. The molecular formula is C18H15BrN2O3S. The summed E-state index contributed by atoms with van der Waals surface area (Å²) in [6.07, 6.45) is 0. The van der Waals surface area contributed by atoms with Crippen molar-refractivity contribution in [2.75, 3.05) is 12.4 Å². The van der Waals surface area contributed by atoms with E-state index in [4.69, 9.17) is 4.74 Å². The van der Waals surface area contributed by atoms with Gasteiger partial charge in [0.15, 0.2) is 17.5 Å². The number of nitrogens with one attached hydrogen (secondary N) is 1. The van der Waals surface area contributed by atoms with Crippen molar-refractivity contribution in [1.29, 1.82) is 0 Å². The molecule has 5 nitrogen and oxygen atoms in total. The molecule has 0 aliphatic carbocycles. The molecule has 0 atom stereocenters. The molecule has 1 aromatic heterocycles. The van der Waals surface area contributed by atoms with E-state index in [-0.39, 0.29) is 18.1 Å². The van der Waals surface area contributed by atoms with Gasteiger partial charge in [0, 0.05) is 10.0 Å². The number of aryl methyl sites for hydroxylation is 1. The molecule has 128 valence electrons. The summed E-state index contributed by atoms with van der Waals surface area (Å²) < 4.78 is 5.93. The van der Waals surface area contributed by atoms with Gasteiger partial charge in [-0.05, 0) is 36.8 Å². The molecule has 0 unspecified atom stereocenters. The predicted molar refractivity (Wildman–Crippen MR) is 101 cm³/mol. The highest BCUT2D eigenvalue weighted by atomic mass is 79.9. The van der Waals surface area contributed by atoms with Gasteiger partial charge in [-0.25, -0.2) is 4.98 Å². The molecule has 0 aliphatic heterocycles. The number of hydrogen-bond donors (Lipinski definition) is 1. The number of Topliss-reactive ketones (excluding diaryl/α,β-unsaturated/α-hetero) is 1.